The average Bonchev–Trinajstić information content (AvgIpc) is 2.46. The van der Waals surface area contributed by atoms with Crippen molar-refractivity contribution in [3.8, 4) is 0 Å². The van der Waals surface area contributed by atoms with Crippen LogP contribution in [0.4, 0.5) is 0 Å². The predicted molar refractivity (Wildman–Crippen MR) is 102 cm³/mol. The van der Waals surface area contributed by atoms with Gasteiger partial charge in [-0.3, -0.25) is 4.90 Å². The summed E-state index contributed by atoms with van der Waals surface area (Å²) in [4.78, 5) is 5.17. The number of rotatable bonds is 4. The normalized spacial score (nSPS) is 24.1. The van der Waals surface area contributed by atoms with Crippen molar-refractivity contribution in [2.24, 2.45) is 17.3 Å². The summed E-state index contributed by atoms with van der Waals surface area (Å²) in [6.45, 7) is 21.5. The van der Waals surface area contributed by atoms with Crippen molar-refractivity contribution in [2.75, 3.05) is 33.2 Å². The first-order valence-electron chi connectivity index (χ1n) is 9.72. The first kappa shape index (κ1) is 19.0. The van der Waals surface area contributed by atoms with Gasteiger partial charge in [0, 0.05) is 5.54 Å². The molecule has 2 heteroatoms. The number of hydrogen-bond donors (Lipinski definition) is 0. The molecule has 0 aliphatic carbocycles. The van der Waals surface area contributed by atoms with Crippen molar-refractivity contribution >= 4 is 0 Å². The molecule has 2 saturated heterocycles. The van der Waals surface area contributed by atoms with Gasteiger partial charge in [-0.05, 0) is 96.4 Å². The molecule has 0 spiro atoms. The third-order valence-corrected chi connectivity index (χ3v) is 6.30. The second kappa shape index (κ2) is 7.27. The van der Waals surface area contributed by atoms with Crippen molar-refractivity contribution in [1.82, 2.24) is 9.80 Å². The first-order valence-corrected chi connectivity index (χ1v) is 9.72. The Bertz CT molecular complexity index is 389. The van der Waals surface area contributed by atoms with Crippen LogP contribution < -0.4 is 0 Å². The van der Waals surface area contributed by atoms with Crippen LogP contribution in [0.5, 0.6) is 0 Å². The van der Waals surface area contributed by atoms with Gasteiger partial charge in [-0.2, -0.15) is 0 Å². The molecule has 2 heterocycles. The zero-order valence-electron chi connectivity index (χ0n) is 16.6. The van der Waals surface area contributed by atoms with E-state index in [9.17, 15) is 0 Å². The minimum Gasteiger partial charge on any atom is -0.306 e. The molecule has 2 rings (SSSR count). The minimum atomic E-state index is 0.160. The second-order valence-electron chi connectivity index (χ2n) is 9.86. The topological polar surface area (TPSA) is 6.48 Å². The number of piperidine rings is 2. The fourth-order valence-electron chi connectivity index (χ4n) is 4.62. The Balaban J connectivity index is 1.89. The molecular weight excluding hydrogens is 280 g/mol. The molecule has 2 nitrogen and oxygen atoms in total. The fraction of sp³-hybridized carbons (Fsp3) is 0.905. The van der Waals surface area contributed by atoms with E-state index in [4.69, 9.17) is 0 Å². The molecule has 0 atom stereocenters. The average molecular weight is 321 g/mol. The largest absolute Gasteiger partial charge is 0.306 e. The van der Waals surface area contributed by atoms with E-state index in [1.165, 1.54) is 63.9 Å². The van der Waals surface area contributed by atoms with Gasteiger partial charge in [0.2, 0.25) is 0 Å². The maximum absolute atomic E-state index is 4.57. The van der Waals surface area contributed by atoms with Crippen LogP contribution >= 0.6 is 0 Å². The molecule has 0 N–H and O–H groups in total. The lowest BCUT2D eigenvalue weighted by Gasteiger charge is -2.47. The molecule has 0 amide bonds. The van der Waals surface area contributed by atoms with Crippen LogP contribution in [0.15, 0.2) is 12.2 Å². The van der Waals surface area contributed by atoms with E-state index in [1.54, 1.807) is 0 Å². The summed E-state index contributed by atoms with van der Waals surface area (Å²) in [5, 5.41) is 0. The molecule has 0 unspecified atom stereocenters. The zero-order valence-corrected chi connectivity index (χ0v) is 16.6. The Hall–Kier alpha value is -0.340. The van der Waals surface area contributed by atoms with Gasteiger partial charge in [0.1, 0.15) is 0 Å². The number of nitrogens with zero attached hydrogens (tertiary/aromatic N) is 2. The van der Waals surface area contributed by atoms with Gasteiger partial charge >= 0.3 is 0 Å². The number of likely N-dealkylation sites (tertiary alicyclic amines) is 2. The summed E-state index contributed by atoms with van der Waals surface area (Å²) < 4.78 is 0. The van der Waals surface area contributed by atoms with E-state index < -0.39 is 0 Å². The quantitative estimate of drug-likeness (QED) is 0.686. The third kappa shape index (κ3) is 5.06. The highest BCUT2D eigenvalue weighted by molar-refractivity contribution is 5.18. The van der Waals surface area contributed by atoms with E-state index in [2.05, 4.69) is 58.0 Å². The molecule has 0 aromatic carbocycles. The van der Waals surface area contributed by atoms with Crippen LogP contribution in [0.2, 0.25) is 0 Å². The molecule has 2 fully saturated rings. The Kier molecular flexibility index (Phi) is 6.00. The van der Waals surface area contributed by atoms with Crippen LogP contribution in [-0.4, -0.2) is 48.6 Å². The highest BCUT2D eigenvalue weighted by Gasteiger charge is 2.36. The van der Waals surface area contributed by atoms with E-state index >= 15 is 0 Å². The van der Waals surface area contributed by atoms with Crippen LogP contribution in [0, 0.1) is 17.3 Å². The van der Waals surface area contributed by atoms with E-state index in [0.29, 0.717) is 11.3 Å². The van der Waals surface area contributed by atoms with Gasteiger partial charge in [0.15, 0.2) is 0 Å². The van der Waals surface area contributed by atoms with Crippen LogP contribution in [-0.2, 0) is 0 Å². The van der Waals surface area contributed by atoms with E-state index in [1.807, 2.05) is 0 Å². The molecule has 23 heavy (non-hydrogen) atoms. The summed E-state index contributed by atoms with van der Waals surface area (Å²) in [6, 6.07) is 0. The molecule has 2 aliphatic rings. The summed E-state index contributed by atoms with van der Waals surface area (Å²) in [6.07, 6.45) is 6.68. The van der Waals surface area contributed by atoms with E-state index in [-0.39, 0.29) is 5.54 Å². The molecule has 0 aromatic heterocycles. The molecule has 0 saturated carbocycles. The highest BCUT2D eigenvalue weighted by atomic mass is 15.2. The fourth-order valence-corrected chi connectivity index (χ4v) is 4.62. The van der Waals surface area contributed by atoms with Crippen molar-refractivity contribution in [1.29, 1.82) is 0 Å². The molecular formula is C21H40N2. The Morgan fingerprint density at radius 3 is 1.91 bits per heavy atom. The molecule has 0 bridgehead atoms. The van der Waals surface area contributed by atoms with Crippen LogP contribution in [0.3, 0.4) is 0 Å². The smallest absolute Gasteiger partial charge is 0.0364 e. The highest BCUT2D eigenvalue weighted by Crippen LogP contribution is 2.38. The lowest BCUT2D eigenvalue weighted by Crippen LogP contribution is -2.51. The maximum atomic E-state index is 4.57. The second-order valence-corrected chi connectivity index (χ2v) is 9.86. The zero-order chi connectivity index (χ0) is 17.3. The summed E-state index contributed by atoms with van der Waals surface area (Å²) in [5.41, 5.74) is 2.12. The van der Waals surface area contributed by atoms with Gasteiger partial charge in [0.25, 0.3) is 0 Å². The summed E-state index contributed by atoms with van der Waals surface area (Å²) in [7, 11) is 2.24. The van der Waals surface area contributed by atoms with Crippen molar-refractivity contribution in [3.05, 3.63) is 12.2 Å². The standard InChI is InChI=1S/C21H40N2/c1-17(19-10-12-22(7)13-11-19)21(5,6)23-14-8-18(9-15-23)16-20(2,3)4/h18-19H,1,8-16H2,2-7H3. The number of hydrogen-bond acceptors (Lipinski definition) is 2. The van der Waals surface area contributed by atoms with Gasteiger partial charge in [-0.15, -0.1) is 0 Å². The Morgan fingerprint density at radius 1 is 0.913 bits per heavy atom. The van der Waals surface area contributed by atoms with E-state index in [0.717, 1.165) is 5.92 Å². The van der Waals surface area contributed by atoms with Crippen molar-refractivity contribution in [3.63, 3.8) is 0 Å². The van der Waals surface area contributed by atoms with Crippen molar-refractivity contribution < 1.29 is 0 Å². The minimum absolute atomic E-state index is 0.160. The lowest BCUT2D eigenvalue weighted by molar-refractivity contribution is 0.0751. The van der Waals surface area contributed by atoms with Gasteiger partial charge in [-0.1, -0.05) is 32.9 Å². The van der Waals surface area contributed by atoms with Crippen LogP contribution in [0.25, 0.3) is 0 Å². The SMILES string of the molecule is C=C(C1CCN(C)CC1)C(C)(C)N1CCC(CC(C)(C)C)CC1. The first-order chi connectivity index (χ1) is 10.6. The van der Waals surface area contributed by atoms with Gasteiger partial charge < -0.3 is 4.90 Å². The maximum Gasteiger partial charge on any atom is 0.0364 e. The summed E-state index contributed by atoms with van der Waals surface area (Å²) >= 11 is 0. The monoisotopic (exact) mass is 320 g/mol. The van der Waals surface area contributed by atoms with Gasteiger partial charge in [-0.25, -0.2) is 0 Å². The van der Waals surface area contributed by atoms with Crippen molar-refractivity contribution in [2.45, 2.75) is 72.3 Å². The van der Waals surface area contributed by atoms with Gasteiger partial charge in [0.05, 0.1) is 0 Å². The molecule has 2 aliphatic heterocycles. The summed E-state index contributed by atoms with van der Waals surface area (Å²) in [5.74, 6) is 1.63. The Morgan fingerprint density at radius 2 is 1.43 bits per heavy atom. The lowest BCUT2D eigenvalue weighted by atomic mass is 9.76. The predicted octanol–water partition coefficient (Wildman–Crippen LogP) is 4.81. The third-order valence-electron chi connectivity index (χ3n) is 6.30. The van der Waals surface area contributed by atoms with Crippen LogP contribution in [0.1, 0.15) is 66.7 Å². The molecule has 0 radical (unpaired) electrons. The molecule has 134 valence electrons. The molecule has 0 aromatic rings. The Labute approximate surface area is 145 Å².